The van der Waals surface area contributed by atoms with Gasteiger partial charge in [-0.25, -0.2) is 0 Å². The number of benzene rings is 2. The highest BCUT2D eigenvalue weighted by Gasteiger charge is 2.12. The fourth-order valence-electron chi connectivity index (χ4n) is 2.26. The SMILES string of the molecule is COc1ccc(NC(O)COc2ccc(C(N)CN)cc2OC)cc1. The van der Waals surface area contributed by atoms with Crippen molar-refractivity contribution in [3.05, 3.63) is 48.0 Å². The fraction of sp³-hybridized carbons (Fsp3) is 0.333. The van der Waals surface area contributed by atoms with E-state index in [1.54, 1.807) is 38.5 Å². The molecule has 25 heavy (non-hydrogen) atoms. The third kappa shape index (κ3) is 5.25. The standard InChI is InChI=1S/C18H25N3O4/c1-23-14-6-4-13(5-7-14)21-18(22)11-25-16-8-3-12(15(20)10-19)9-17(16)24-2/h3-9,15,18,21-22H,10-11,19-20H2,1-2H3. The second-order valence-corrected chi connectivity index (χ2v) is 5.45. The summed E-state index contributed by atoms with van der Waals surface area (Å²) in [5, 5.41) is 13.0. The number of ether oxygens (including phenoxy) is 3. The first kappa shape index (κ1) is 18.9. The molecule has 2 atom stereocenters. The van der Waals surface area contributed by atoms with Gasteiger partial charge in [0.1, 0.15) is 12.4 Å². The first-order valence-corrected chi connectivity index (χ1v) is 7.92. The predicted octanol–water partition coefficient (Wildman–Crippen LogP) is 1.47. The Kier molecular flexibility index (Phi) is 6.88. The summed E-state index contributed by atoms with van der Waals surface area (Å²) in [6, 6.07) is 12.3. The van der Waals surface area contributed by atoms with Crippen LogP contribution < -0.4 is 31.0 Å². The van der Waals surface area contributed by atoms with E-state index in [4.69, 9.17) is 25.7 Å². The fourth-order valence-corrected chi connectivity index (χ4v) is 2.26. The molecule has 0 aliphatic carbocycles. The lowest BCUT2D eigenvalue weighted by atomic mass is 10.1. The van der Waals surface area contributed by atoms with Crippen LogP contribution in [0.4, 0.5) is 5.69 Å². The van der Waals surface area contributed by atoms with Crippen LogP contribution in [-0.2, 0) is 0 Å². The second kappa shape index (κ2) is 9.12. The summed E-state index contributed by atoms with van der Waals surface area (Å²) in [7, 11) is 3.15. The summed E-state index contributed by atoms with van der Waals surface area (Å²) in [5.74, 6) is 1.81. The van der Waals surface area contributed by atoms with E-state index in [9.17, 15) is 5.11 Å². The minimum absolute atomic E-state index is 0.0463. The van der Waals surface area contributed by atoms with Crippen molar-refractivity contribution >= 4 is 5.69 Å². The van der Waals surface area contributed by atoms with Gasteiger partial charge < -0.3 is 36.1 Å². The maximum absolute atomic E-state index is 10.1. The molecule has 2 unspecified atom stereocenters. The quantitative estimate of drug-likeness (QED) is 0.508. The van der Waals surface area contributed by atoms with E-state index >= 15 is 0 Å². The number of anilines is 1. The van der Waals surface area contributed by atoms with Gasteiger partial charge in [0.25, 0.3) is 0 Å². The predicted molar refractivity (Wildman–Crippen MR) is 97.1 cm³/mol. The number of nitrogens with one attached hydrogen (secondary N) is 1. The Morgan fingerprint density at radius 3 is 2.36 bits per heavy atom. The molecule has 0 radical (unpaired) electrons. The van der Waals surface area contributed by atoms with Crippen molar-refractivity contribution in [1.82, 2.24) is 0 Å². The van der Waals surface area contributed by atoms with Crippen LogP contribution >= 0.6 is 0 Å². The largest absolute Gasteiger partial charge is 0.497 e. The highest BCUT2D eigenvalue weighted by Crippen LogP contribution is 2.30. The van der Waals surface area contributed by atoms with E-state index in [1.807, 2.05) is 18.2 Å². The maximum Gasteiger partial charge on any atom is 0.161 e. The summed E-state index contributed by atoms with van der Waals surface area (Å²) in [4.78, 5) is 0. The molecule has 0 fully saturated rings. The maximum atomic E-state index is 10.1. The zero-order chi connectivity index (χ0) is 18.2. The topological polar surface area (TPSA) is 112 Å². The van der Waals surface area contributed by atoms with Crippen molar-refractivity contribution in [3.8, 4) is 17.2 Å². The number of methoxy groups -OCH3 is 2. The van der Waals surface area contributed by atoms with Crippen molar-refractivity contribution < 1.29 is 19.3 Å². The van der Waals surface area contributed by atoms with Crippen LogP contribution in [0, 0.1) is 0 Å². The van der Waals surface area contributed by atoms with Gasteiger partial charge in [0.15, 0.2) is 17.7 Å². The number of hydrogen-bond acceptors (Lipinski definition) is 7. The first-order valence-electron chi connectivity index (χ1n) is 7.92. The van der Waals surface area contributed by atoms with Gasteiger partial charge in [-0.1, -0.05) is 6.07 Å². The number of aliphatic hydroxyl groups is 1. The molecule has 136 valence electrons. The van der Waals surface area contributed by atoms with Crippen LogP contribution in [0.5, 0.6) is 17.2 Å². The summed E-state index contributed by atoms with van der Waals surface area (Å²) < 4.78 is 16.1. The monoisotopic (exact) mass is 347 g/mol. The Balaban J connectivity index is 1.95. The van der Waals surface area contributed by atoms with Gasteiger partial charge in [-0.15, -0.1) is 0 Å². The smallest absolute Gasteiger partial charge is 0.161 e. The average molecular weight is 347 g/mol. The Morgan fingerprint density at radius 1 is 1.04 bits per heavy atom. The molecule has 0 aliphatic rings. The van der Waals surface area contributed by atoms with Crippen molar-refractivity contribution in [1.29, 1.82) is 0 Å². The van der Waals surface area contributed by atoms with E-state index in [2.05, 4.69) is 5.32 Å². The molecule has 0 amide bonds. The van der Waals surface area contributed by atoms with E-state index in [-0.39, 0.29) is 12.6 Å². The molecule has 6 N–H and O–H groups in total. The Labute approximate surface area is 147 Å². The van der Waals surface area contributed by atoms with Gasteiger partial charge in [-0.2, -0.15) is 0 Å². The number of rotatable bonds is 9. The minimum Gasteiger partial charge on any atom is -0.497 e. The van der Waals surface area contributed by atoms with E-state index in [1.165, 1.54) is 0 Å². The van der Waals surface area contributed by atoms with Crippen molar-refractivity contribution in [3.63, 3.8) is 0 Å². The Hall–Kier alpha value is -2.48. The van der Waals surface area contributed by atoms with Gasteiger partial charge in [0.2, 0.25) is 0 Å². The zero-order valence-electron chi connectivity index (χ0n) is 14.4. The van der Waals surface area contributed by atoms with Gasteiger partial charge in [0.05, 0.1) is 14.2 Å². The lowest BCUT2D eigenvalue weighted by Gasteiger charge is -2.18. The van der Waals surface area contributed by atoms with Crippen LogP contribution in [0.1, 0.15) is 11.6 Å². The summed E-state index contributed by atoms with van der Waals surface area (Å²) in [6.07, 6.45) is -0.885. The van der Waals surface area contributed by atoms with Gasteiger partial charge >= 0.3 is 0 Å². The molecular weight excluding hydrogens is 322 g/mol. The molecule has 0 aliphatic heterocycles. The molecule has 7 nitrogen and oxygen atoms in total. The highest BCUT2D eigenvalue weighted by molar-refractivity contribution is 5.47. The molecule has 0 saturated heterocycles. The van der Waals surface area contributed by atoms with E-state index in [0.717, 1.165) is 17.0 Å². The Morgan fingerprint density at radius 2 is 1.76 bits per heavy atom. The summed E-state index contributed by atoms with van der Waals surface area (Å²) in [5.41, 5.74) is 13.1. The van der Waals surface area contributed by atoms with Crippen molar-refractivity contribution in [2.75, 3.05) is 32.7 Å². The average Bonchev–Trinajstić information content (AvgIpc) is 2.66. The molecule has 0 aromatic heterocycles. The van der Waals surface area contributed by atoms with Crippen LogP contribution in [0.3, 0.4) is 0 Å². The van der Waals surface area contributed by atoms with Gasteiger partial charge in [-0.05, 0) is 42.0 Å². The highest BCUT2D eigenvalue weighted by atomic mass is 16.5. The normalized spacial score (nSPS) is 13.0. The molecule has 0 saturated carbocycles. The molecule has 2 aromatic rings. The molecule has 2 rings (SSSR count). The number of hydrogen-bond donors (Lipinski definition) is 4. The van der Waals surface area contributed by atoms with Crippen LogP contribution in [0.25, 0.3) is 0 Å². The number of nitrogens with two attached hydrogens (primary N) is 2. The van der Waals surface area contributed by atoms with Crippen LogP contribution in [-0.4, -0.2) is 38.7 Å². The Bertz CT molecular complexity index is 664. The lowest BCUT2D eigenvalue weighted by Crippen LogP contribution is -2.26. The second-order valence-electron chi connectivity index (χ2n) is 5.45. The lowest BCUT2D eigenvalue weighted by molar-refractivity contribution is 0.127. The van der Waals surface area contributed by atoms with Gasteiger partial charge in [0, 0.05) is 18.3 Å². The van der Waals surface area contributed by atoms with Crippen molar-refractivity contribution in [2.45, 2.75) is 12.3 Å². The number of aliphatic hydroxyl groups excluding tert-OH is 1. The zero-order valence-corrected chi connectivity index (χ0v) is 14.4. The molecule has 2 aromatic carbocycles. The van der Waals surface area contributed by atoms with Crippen LogP contribution in [0.15, 0.2) is 42.5 Å². The van der Waals surface area contributed by atoms with Gasteiger partial charge in [-0.3, -0.25) is 0 Å². The molecule has 0 heterocycles. The van der Waals surface area contributed by atoms with E-state index < -0.39 is 6.23 Å². The summed E-state index contributed by atoms with van der Waals surface area (Å²) in [6.45, 7) is 0.387. The molecule has 7 heteroatoms. The van der Waals surface area contributed by atoms with Crippen molar-refractivity contribution in [2.24, 2.45) is 11.5 Å². The first-order chi connectivity index (χ1) is 12.1. The van der Waals surface area contributed by atoms with Crippen LogP contribution in [0.2, 0.25) is 0 Å². The third-order valence-electron chi connectivity index (χ3n) is 3.69. The third-order valence-corrected chi connectivity index (χ3v) is 3.69. The molecular formula is C18H25N3O4. The molecule has 0 spiro atoms. The molecule has 0 bridgehead atoms. The summed E-state index contributed by atoms with van der Waals surface area (Å²) >= 11 is 0. The minimum atomic E-state index is -0.885. The van der Waals surface area contributed by atoms with E-state index in [0.29, 0.717) is 18.0 Å².